The third kappa shape index (κ3) is 3.43. The number of hydrogen-bond acceptors (Lipinski definition) is 3. The van der Waals surface area contributed by atoms with Crippen molar-refractivity contribution < 1.29 is 9.90 Å². The molecule has 0 unspecified atom stereocenters. The lowest BCUT2D eigenvalue weighted by Gasteiger charge is -2.37. The maximum Gasteiger partial charge on any atom is 0.233 e. The lowest BCUT2D eigenvalue weighted by Crippen LogP contribution is -2.46. The third-order valence-electron chi connectivity index (χ3n) is 4.61. The van der Waals surface area contributed by atoms with Crippen molar-refractivity contribution in [3.05, 3.63) is 29.3 Å². The van der Waals surface area contributed by atoms with Gasteiger partial charge in [-0.2, -0.15) is 0 Å². The van der Waals surface area contributed by atoms with Crippen molar-refractivity contribution in [2.24, 2.45) is 0 Å². The number of carbonyl (C=O) groups is 1. The molecule has 0 radical (unpaired) electrons. The van der Waals surface area contributed by atoms with Gasteiger partial charge in [-0.15, -0.1) is 11.8 Å². The van der Waals surface area contributed by atoms with Crippen LogP contribution in [0.15, 0.2) is 23.1 Å². The van der Waals surface area contributed by atoms with Crippen LogP contribution in [0.1, 0.15) is 36.8 Å². The molecule has 0 aliphatic heterocycles. The average Bonchev–Trinajstić information content (AvgIpc) is 2.89. The Balaban J connectivity index is 1.57. The Bertz CT molecular complexity index is 514. The molecule has 1 aromatic rings. The second kappa shape index (κ2) is 6.84. The molecule has 114 valence electrons. The molecule has 0 saturated heterocycles. The van der Waals surface area contributed by atoms with E-state index >= 15 is 0 Å². The largest absolute Gasteiger partial charge is 0.395 e. The van der Waals surface area contributed by atoms with Crippen molar-refractivity contribution in [1.82, 2.24) is 4.90 Å². The van der Waals surface area contributed by atoms with Crippen molar-refractivity contribution in [3.63, 3.8) is 0 Å². The average molecular weight is 305 g/mol. The normalized spacial score (nSPS) is 17.4. The number of nitrogens with zero attached hydrogens (tertiary/aromatic N) is 1. The Hall–Kier alpha value is -1.00. The van der Waals surface area contributed by atoms with Gasteiger partial charge < -0.3 is 10.0 Å². The van der Waals surface area contributed by atoms with Crippen LogP contribution in [0.2, 0.25) is 0 Å². The van der Waals surface area contributed by atoms with Crippen LogP contribution in [0.25, 0.3) is 0 Å². The zero-order valence-corrected chi connectivity index (χ0v) is 13.2. The molecule has 1 amide bonds. The number of fused-ring (bicyclic) bond motifs is 1. The lowest BCUT2D eigenvalue weighted by molar-refractivity contribution is -0.132. The number of thioether (sulfide) groups is 1. The fourth-order valence-corrected chi connectivity index (χ4v) is 4.03. The van der Waals surface area contributed by atoms with E-state index in [2.05, 4.69) is 18.2 Å². The summed E-state index contributed by atoms with van der Waals surface area (Å²) in [5.41, 5.74) is 2.93. The maximum atomic E-state index is 12.4. The molecule has 0 atom stereocenters. The fourth-order valence-electron chi connectivity index (χ4n) is 3.18. The number of carbonyl (C=O) groups excluding carboxylic acids is 1. The highest BCUT2D eigenvalue weighted by molar-refractivity contribution is 8.00. The summed E-state index contributed by atoms with van der Waals surface area (Å²) in [6.07, 6.45) is 7.03. The molecule has 0 heterocycles. The number of aryl methyl sites for hydroxylation is 2. The zero-order valence-electron chi connectivity index (χ0n) is 12.4. The molecule has 0 aromatic heterocycles. The molecule has 2 aliphatic rings. The first-order valence-electron chi connectivity index (χ1n) is 7.93. The molecular weight excluding hydrogens is 282 g/mol. The maximum absolute atomic E-state index is 12.4. The molecule has 2 aliphatic carbocycles. The summed E-state index contributed by atoms with van der Waals surface area (Å²) in [5, 5.41) is 9.14. The van der Waals surface area contributed by atoms with Gasteiger partial charge in [0.15, 0.2) is 0 Å². The minimum Gasteiger partial charge on any atom is -0.395 e. The second-order valence-electron chi connectivity index (χ2n) is 5.97. The summed E-state index contributed by atoms with van der Waals surface area (Å²) in [7, 11) is 0. The molecule has 1 aromatic carbocycles. The van der Waals surface area contributed by atoms with Gasteiger partial charge in [0.05, 0.1) is 12.4 Å². The molecule has 3 nitrogen and oxygen atoms in total. The van der Waals surface area contributed by atoms with Crippen molar-refractivity contribution in [3.8, 4) is 0 Å². The van der Waals surface area contributed by atoms with Gasteiger partial charge >= 0.3 is 0 Å². The molecular formula is C17H23NO2S. The van der Waals surface area contributed by atoms with Crippen LogP contribution in [0, 0.1) is 0 Å². The number of rotatable bonds is 6. The highest BCUT2D eigenvalue weighted by Gasteiger charge is 2.28. The van der Waals surface area contributed by atoms with Crippen molar-refractivity contribution in [2.75, 3.05) is 18.9 Å². The predicted molar refractivity (Wildman–Crippen MR) is 85.6 cm³/mol. The van der Waals surface area contributed by atoms with E-state index in [1.165, 1.54) is 41.7 Å². The SMILES string of the molecule is O=C(CSc1ccc2c(c1)CCC2)N(CCO)C1CCC1. The number of hydrogen-bond donors (Lipinski definition) is 1. The predicted octanol–water partition coefficient (Wildman–Crippen LogP) is 2.64. The van der Waals surface area contributed by atoms with E-state index in [1.54, 1.807) is 11.8 Å². The summed E-state index contributed by atoms with van der Waals surface area (Å²) >= 11 is 1.63. The van der Waals surface area contributed by atoms with Crippen LogP contribution in [-0.2, 0) is 17.6 Å². The van der Waals surface area contributed by atoms with E-state index in [1.807, 2.05) is 4.90 Å². The summed E-state index contributed by atoms with van der Waals surface area (Å²) in [6, 6.07) is 6.97. The summed E-state index contributed by atoms with van der Waals surface area (Å²) in [6.45, 7) is 0.542. The van der Waals surface area contributed by atoms with Gasteiger partial charge in [-0.05, 0) is 61.8 Å². The fraction of sp³-hybridized carbons (Fsp3) is 0.588. The number of amides is 1. The Morgan fingerprint density at radius 2 is 2.05 bits per heavy atom. The van der Waals surface area contributed by atoms with Gasteiger partial charge in [0.25, 0.3) is 0 Å². The molecule has 1 N–H and O–H groups in total. The van der Waals surface area contributed by atoms with Gasteiger partial charge in [0.1, 0.15) is 0 Å². The van der Waals surface area contributed by atoms with Gasteiger partial charge in [-0.3, -0.25) is 4.79 Å². The van der Waals surface area contributed by atoms with Crippen LogP contribution < -0.4 is 0 Å². The van der Waals surface area contributed by atoms with Crippen LogP contribution in [0.4, 0.5) is 0 Å². The molecule has 1 fully saturated rings. The molecule has 4 heteroatoms. The summed E-state index contributed by atoms with van der Waals surface area (Å²) < 4.78 is 0. The van der Waals surface area contributed by atoms with E-state index in [0.29, 0.717) is 18.3 Å². The summed E-state index contributed by atoms with van der Waals surface area (Å²) in [5.74, 6) is 0.647. The first-order chi connectivity index (χ1) is 10.3. The number of aliphatic hydroxyl groups is 1. The van der Waals surface area contributed by atoms with Gasteiger partial charge in [0, 0.05) is 17.5 Å². The minimum absolute atomic E-state index is 0.0613. The molecule has 0 bridgehead atoms. The van der Waals surface area contributed by atoms with Crippen LogP contribution >= 0.6 is 11.8 Å². The zero-order chi connectivity index (χ0) is 14.7. The van der Waals surface area contributed by atoms with Gasteiger partial charge in [-0.1, -0.05) is 6.07 Å². The summed E-state index contributed by atoms with van der Waals surface area (Å²) in [4.78, 5) is 15.4. The van der Waals surface area contributed by atoms with E-state index in [4.69, 9.17) is 5.11 Å². The third-order valence-corrected chi connectivity index (χ3v) is 5.59. The van der Waals surface area contributed by atoms with Crippen LogP contribution in [0.5, 0.6) is 0 Å². The Morgan fingerprint density at radius 1 is 1.24 bits per heavy atom. The Kier molecular flexibility index (Phi) is 4.86. The van der Waals surface area contributed by atoms with E-state index < -0.39 is 0 Å². The first kappa shape index (κ1) is 14.9. The lowest BCUT2D eigenvalue weighted by atomic mass is 9.91. The van der Waals surface area contributed by atoms with Crippen molar-refractivity contribution in [2.45, 2.75) is 49.5 Å². The number of benzene rings is 1. The minimum atomic E-state index is 0.0613. The van der Waals surface area contributed by atoms with Crippen LogP contribution in [0.3, 0.4) is 0 Å². The molecule has 1 saturated carbocycles. The highest BCUT2D eigenvalue weighted by atomic mass is 32.2. The van der Waals surface area contributed by atoms with Gasteiger partial charge in [0.2, 0.25) is 5.91 Å². The quantitative estimate of drug-likeness (QED) is 0.821. The van der Waals surface area contributed by atoms with Crippen LogP contribution in [-0.4, -0.2) is 40.9 Å². The highest BCUT2D eigenvalue weighted by Crippen LogP contribution is 2.29. The number of aliphatic hydroxyl groups excluding tert-OH is 1. The first-order valence-corrected chi connectivity index (χ1v) is 8.91. The van der Waals surface area contributed by atoms with Gasteiger partial charge in [-0.25, -0.2) is 0 Å². The smallest absolute Gasteiger partial charge is 0.233 e. The van der Waals surface area contributed by atoms with E-state index in [-0.39, 0.29) is 12.5 Å². The molecule has 0 spiro atoms. The topological polar surface area (TPSA) is 40.5 Å². The Labute approximate surface area is 130 Å². The standard InChI is InChI=1S/C17H23NO2S/c19-10-9-18(15-5-2-6-15)17(20)12-21-16-8-7-13-3-1-4-14(13)11-16/h7-8,11,15,19H,1-6,9-10,12H2. The Morgan fingerprint density at radius 3 is 2.76 bits per heavy atom. The van der Waals surface area contributed by atoms with Crippen molar-refractivity contribution in [1.29, 1.82) is 0 Å². The molecule has 21 heavy (non-hydrogen) atoms. The van der Waals surface area contributed by atoms with E-state index in [9.17, 15) is 4.79 Å². The molecule has 3 rings (SSSR count). The van der Waals surface area contributed by atoms with E-state index in [0.717, 1.165) is 12.8 Å². The second-order valence-corrected chi connectivity index (χ2v) is 7.02. The monoisotopic (exact) mass is 305 g/mol. The van der Waals surface area contributed by atoms with Crippen molar-refractivity contribution >= 4 is 17.7 Å².